The molecule has 1 fully saturated rings. The Balaban J connectivity index is 1.92. The fourth-order valence-electron chi connectivity index (χ4n) is 2.80. The Hall–Kier alpha value is -1.51. The van der Waals surface area contributed by atoms with Gasteiger partial charge in [-0.2, -0.15) is 0 Å². The number of nitrogens with one attached hydrogen (secondary N) is 1. The summed E-state index contributed by atoms with van der Waals surface area (Å²) < 4.78 is 44.9. The van der Waals surface area contributed by atoms with Crippen LogP contribution in [-0.4, -0.2) is 51.0 Å². The highest BCUT2D eigenvalue weighted by molar-refractivity contribution is 7.89. The number of sulfonamides is 1. The predicted octanol–water partition coefficient (Wildman–Crippen LogP) is 2.16. The topological polar surface area (TPSA) is 75.7 Å². The number of halogens is 1. The normalized spacial score (nSPS) is 16.7. The number of benzene rings is 1. The van der Waals surface area contributed by atoms with Gasteiger partial charge in [-0.15, -0.1) is 0 Å². The van der Waals surface area contributed by atoms with Crippen molar-refractivity contribution >= 4 is 16.0 Å². The number of nitrogens with zero attached hydrogens (tertiary/aromatic N) is 1. The van der Waals surface area contributed by atoms with Crippen molar-refractivity contribution in [2.75, 3.05) is 26.7 Å². The lowest BCUT2D eigenvalue weighted by Gasteiger charge is -2.30. The average Bonchev–Trinajstić information content (AvgIpc) is 2.60. The molecule has 1 aliphatic rings. The minimum atomic E-state index is -3.71. The first kappa shape index (κ1) is 20.8. The number of carbonyl (C=O) groups is 1. The molecule has 8 heteroatoms. The molecule has 1 heterocycles. The maximum Gasteiger partial charge on any atom is 0.309 e. The molecular weight excluding hydrogens is 359 g/mol. The van der Waals surface area contributed by atoms with Gasteiger partial charge in [0.1, 0.15) is 11.4 Å². The second-order valence-corrected chi connectivity index (χ2v) is 9.28. The third-order valence-electron chi connectivity index (χ3n) is 4.60. The summed E-state index contributed by atoms with van der Waals surface area (Å²) in [5, 5.41) is 3.20. The highest BCUT2D eigenvalue weighted by Crippen LogP contribution is 2.23. The monoisotopic (exact) mass is 386 g/mol. The molecule has 0 atom stereocenters. The van der Waals surface area contributed by atoms with E-state index in [1.165, 1.54) is 23.5 Å². The third kappa shape index (κ3) is 5.49. The van der Waals surface area contributed by atoms with Crippen LogP contribution in [0.25, 0.3) is 0 Å². The number of hydrogen-bond donors (Lipinski definition) is 1. The zero-order valence-electron chi connectivity index (χ0n) is 15.5. The first-order valence-corrected chi connectivity index (χ1v) is 10.2. The molecule has 1 aromatic rings. The molecule has 0 radical (unpaired) electrons. The maximum absolute atomic E-state index is 13.0. The minimum Gasteiger partial charge on any atom is -0.459 e. The van der Waals surface area contributed by atoms with Gasteiger partial charge in [-0.3, -0.25) is 4.79 Å². The molecule has 0 aromatic heterocycles. The Morgan fingerprint density at radius 1 is 1.27 bits per heavy atom. The van der Waals surface area contributed by atoms with E-state index in [-0.39, 0.29) is 23.3 Å². The van der Waals surface area contributed by atoms with Gasteiger partial charge in [0.15, 0.2) is 0 Å². The van der Waals surface area contributed by atoms with Crippen LogP contribution in [0.1, 0.15) is 33.1 Å². The van der Waals surface area contributed by atoms with E-state index in [2.05, 4.69) is 5.32 Å². The maximum atomic E-state index is 13.0. The number of ether oxygens (including phenoxy) is 1. The number of piperidine rings is 1. The molecule has 26 heavy (non-hydrogen) atoms. The van der Waals surface area contributed by atoms with E-state index in [0.717, 1.165) is 38.1 Å². The van der Waals surface area contributed by atoms with Gasteiger partial charge in [0, 0.05) is 20.0 Å². The fourth-order valence-corrected chi connectivity index (χ4v) is 3.97. The predicted molar refractivity (Wildman–Crippen MR) is 96.6 cm³/mol. The molecular formula is C18H27FN2O4S. The second-order valence-electron chi connectivity index (χ2n) is 7.24. The number of carbonyl (C=O) groups excluding carboxylic acids is 1. The van der Waals surface area contributed by atoms with Crippen LogP contribution >= 0.6 is 0 Å². The molecule has 0 aliphatic carbocycles. The fraction of sp³-hybridized carbons (Fsp3) is 0.611. The van der Waals surface area contributed by atoms with Gasteiger partial charge in [0.25, 0.3) is 0 Å². The van der Waals surface area contributed by atoms with Gasteiger partial charge in [0.2, 0.25) is 10.0 Å². The summed E-state index contributed by atoms with van der Waals surface area (Å²) in [6, 6.07) is 4.71. The number of hydrogen-bond acceptors (Lipinski definition) is 5. The standard InChI is InChI=1S/C18H27FN2O4S/c1-18(2,25-17(22)14-8-11-20-12-9-14)10-13-21(3)26(23,24)16-6-4-15(19)5-7-16/h4-7,14,20H,8-13H2,1-3H3. The van der Waals surface area contributed by atoms with Crippen LogP contribution in [0.3, 0.4) is 0 Å². The summed E-state index contributed by atoms with van der Waals surface area (Å²) in [4.78, 5) is 12.3. The Labute approximate surface area is 154 Å². The van der Waals surface area contributed by atoms with Crippen LogP contribution in [0, 0.1) is 11.7 Å². The van der Waals surface area contributed by atoms with Gasteiger partial charge >= 0.3 is 5.97 Å². The summed E-state index contributed by atoms with van der Waals surface area (Å²) in [6.07, 6.45) is 1.88. The Kier molecular flexibility index (Phi) is 6.76. The molecule has 146 valence electrons. The zero-order chi connectivity index (χ0) is 19.4. The highest BCUT2D eigenvalue weighted by Gasteiger charge is 2.30. The lowest BCUT2D eigenvalue weighted by atomic mass is 9.97. The molecule has 0 bridgehead atoms. The zero-order valence-corrected chi connectivity index (χ0v) is 16.3. The molecule has 6 nitrogen and oxygen atoms in total. The lowest BCUT2D eigenvalue weighted by Crippen LogP contribution is -2.39. The summed E-state index contributed by atoms with van der Waals surface area (Å²) >= 11 is 0. The van der Waals surface area contributed by atoms with Gasteiger partial charge < -0.3 is 10.1 Å². The smallest absolute Gasteiger partial charge is 0.309 e. The van der Waals surface area contributed by atoms with E-state index in [4.69, 9.17) is 4.74 Å². The van der Waals surface area contributed by atoms with E-state index in [1.807, 2.05) is 0 Å². The number of esters is 1. The average molecular weight is 386 g/mol. The van der Waals surface area contributed by atoms with Gasteiger partial charge in [-0.05, 0) is 64.0 Å². The number of rotatable bonds is 7. The van der Waals surface area contributed by atoms with Crippen molar-refractivity contribution in [2.24, 2.45) is 5.92 Å². The van der Waals surface area contributed by atoms with E-state index in [0.29, 0.717) is 6.42 Å². The van der Waals surface area contributed by atoms with E-state index in [9.17, 15) is 17.6 Å². The van der Waals surface area contributed by atoms with Crippen LogP contribution in [0.2, 0.25) is 0 Å². The van der Waals surface area contributed by atoms with Crippen molar-refractivity contribution < 1.29 is 22.3 Å². The summed E-state index contributed by atoms with van der Waals surface area (Å²) in [5.74, 6) is -0.811. The Bertz CT molecular complexity index is 713. The molecule has 1 N–H and O–H groups in total. The van der Waals surface area contributed by atoms with E-state index in [1.54, 1.807) is 13.8 Å². The van der Waals surface area contributed by atoms with Crippen molar-refractivity contribution in [3.8, 4) is 0 Å². The van der Waals surface area contributed by atoms with Crippen LogP contribution in [0.4, 0.5) is 4.39 Å². The third-order valence-corrected chi connectivity index (χ3v) is 6.47. The molecule has 0 amide bonds. The van der Waals surface area contributed by atoms with Gasteiger partial charge in [-0.1, -0.05) is 0 Å². The second kappa shape index (κ2) is 8.45. The minimum absolute atomic E-state index is 0.0332. The Morgan fingerprint density at radius 2 is 1.85 bits per heavy atom. The Morgan fingerprint density at radius 3 is 2.42 bits per heavy atom. The van der Waals surface area contributed by atoms with Crippen LogP contribution in [0.5, 0.6) is 0 Å². The molecule has 0 unspecified atom stereocenters. The summed E-state index contributed by atoms with van der Waals surface area (Å²) in [6.45, 7) is 5.36. The lowest BCUT2D eigenvalue weighted by molar-refractivity contribution is -0.163. The van der Waals surface area contributed by atoms with Crippen molar-refractivity contribution in [2.45, 2.75) is 43.6 Å². The summed E-state index contributed by atoms with van der Waals surface area (Å²) in [7, 11) is -2.25. The molecule has 1 saturated heterocycles. The first-order valence-electron chi connectivity index (χ1n) is 8.77. The largest absolute Gasteiger partial charge is 0.459 e. The van der Waals surface area contributed by atoms with E-state index < -0.39 is 21.4 Å². The molecule has 0 spiro atoms. The molecule has 1 aromatic carbocycles. The van der Waals surface area contributed by atoms with Crippen molar-refractivity contribution in [3.05, 3.63) is 30.1 Å². The SMILES string of the molecule is CN(CCC(C)(C)OC(=O)C1CCNCC1)S(=O)(=O)c1ccc(F)cc1. The summed E-state index contributed by atoms with van der Waals surface area (Å²) in [5.41, 5.74) is -0.769. The van der Waals surface area contributed by atoms with Crippen LogP contribution < -0.4 is 5.32 Å². The van der Waals surface area contributed by atoms with Crippen LogP contribution in [0.15, 0.2) is 29.2 Å². The van der Waals surface area contributed by atoms with Gasteiger partial charge in [-0.25, -0.2) is 17.1 Å². The highest BCUT2D eigenvalue weighted by atomic mass is 32.2. The molecule has 2 rings (SSSR count). The first-order chi connectivity index (χ1) is 12.1. The van der Waals surface area contributed by atoms with Crippen molar-refractivity contribution in [3.63, 3.8) is 0 Å². The molecule has 1 aliphatic heterocycles. The van der Waals surface area contributed by atoms with Crippen molar-refractivity contribution in [1.29, 1.82) is 0 Å². The van der Waals surface area contributed by atoms with Crippen LogP contribution in [-0.2, 0) is 19.6 Å². The van der Waals surface area contributed by atoms with Crippen molar-refractivity contribution in [1.82, 2.24) is 9.62 Å². The van der Waals surface area contributed by atoms with Gasteiger partial charge in [0.05, 0.1) is 10.8 Å². The van der Waals surface area contributed by atoms with E-state index >= 15 is 0 Å². The molecule has 0 saturated carbocycles. The quantitative estimate of drug-likeness (QED) is 0.727.